The third kappa shape index (κ3) is 3.46. The van der Waals surface area contributed by atoms with Crippen LogP contribution in [0.3, 0.4) is 0 Å². The van der Waals surface area contributed by atoms with Crippen molar-refractivity contribution in [2.75, 3.05) is 0 Å². The summed E-state index contributed by atoms with van der Waals surface area (Å²) in [6.45, 7) is 0. The van der Waals surface area contributed by atoms with Gasteiger partial charge in [0.2, 0.25) is 0 Å². The van der Waals surface area contributed by atoms with Gasteiger partial charge in [-0.05, 0) is 101 Å². The van der Waals surface area contributed by atoms with Gasteiger partial charge >= 0.3 is 0 Å². The van der Waals surface area contributed by atoms with Crippen LogP contribution in [0.2, 0.25) is 0 Å². The standard InChI is InChI=1S/C40H26S/c1-2-11-26-22-27(21-20-25(26)10-1)36-23-28-24-37(35-18-9-17-34-31-14-7-8-19-38(31)41-40(34)35)30-13-4-6-16-33(30)39(28)32-15-5-3-12-29(32)36/h1-17,19-24,35H,18H2. The van der Waals surface area contributed by atoms with Crippen LogP contribution in [-0.2, 0) is 0 Å². The molecule has 0 spiro atoms. The Bertz CT molecular complexity index is 2350. The molecule has 1 aliphatic rings. The Labute approximate surface area is 242 Å². The van der Waals surface area contributed by atoms with Crippen molar-refractivity contribution in [2.45, 2.75) is 12.3 Å². The summed E-state index contributed by atoms with van der Waals surface area (Å²) in [5.74, 6) is 0.345. The SMILES string of the molecule is C1=Cc2c(sc3ccccc23)C(c2cc3cc(-c4ccc5ccccc5c4)c4ccccc4c3c3ccccc23)C1. The van der Waals surface area contributed by atoms with Gasteiger partial charge in [0.1, 0.15) is 0 Å². The number of allylic oxidation sites excluding steroid dienone is 1. The van der Waals surface area contributed by atoms with Gasteiger partial charge < -0.3 is 0 Å². The van der Waals surface area contributed by atoms with Crippen molar-refractivity contribution in [3.63, 3.8) is 0 Å². The summed E-state index contributed by atoms with van der Waals surface area (Å²) in [4.78, 5) is 1.49. The Morgan fingerprint density at radius 2 is 1.22 bits per heavy atom. The third-order valence-corrected chi connectivity index (χ3v) is 10.3. The van der Waals surface area contributed by atoms with E-state index >= 15 is 0 Å². The summed E-state index contributed by atoms with van der Waals surface area (Å²) in [5, 5.41) is 11.9. The topological polar surface area (TPSA) is 0 Å². The first-order chi connectivity index (χ1) is 20.3. The van der Waals surface area contributed by atoms with Crippen molar-refractivity contribution in [2.24, 2.45) is 0 Å². The van der Waals surface area contributed by atoms with Crippen LogP contribution in [0.25, 0.3) is 70.4 Å². The Balaban J connectivity index is 1.36. The van der Waals surface area contributed by atoms with Gasteiger partial charge in [0.25, 0.3) is 0 Å². The second-order valence-corrected chi connectivity index (χ2v) is 12.3. The van der Waals surface area contributed by atoms with Crippen molar-refractivity contribution in [3.8, 4) is 11.1 Å². The maximum absolute atomic E-state index is 2.51. The lowest BCUT2D eigenvalue weighted by Crippen LogP contribution is -2.04. The molecule has 7 aromatic carbocycles. The molecule has 41 heavy (non-hydrogen) atoms. The Hall–Kier alpha value is -4.72. The van der Waals surface area contributed by atoms with Gasteiger partial charge in [-0.2, -0.15) is 0 Å². The highest BCUT2D eigenvalue weighted by Gasteiger charge is 2.26. The van der Waals surface area contributed by atoms with Crippen LogP contribution in [0.4, 0.5) is 0 Å². The molecule has 1 unspecified atom stereocenters. The summed E-state index contributed by atoms with van der Waals surface area (Å²) >= 11 is 1.97. The molecule has 1 atom stereocenters. The first-order valence-electron chi connectivity index (χ1n) is 14.4. The Morgan fingerprint density at radius 3 is 2.07 bits per heavy atom. The minimum atomic E-state index is 0.345. The molecule has 0 amide bonds. The maximum Gasteiger partial charge on any atom is 0.0352 e. The van der Waals surface area contributed by atoms with Crippen LogP contribution in [-0.4, -0.2) is 0 Å². The molecule has 1 aromatic heterocycles. The quantitative estimate of drug-likeness (QED) is 0.192. The summed E-state index contributed by atoms with van der Waals surface area (Å²) in [5.41, 5.74) is 5.40. The zero-order valence-corrected chi connectivity index (χ0v) is 23.3. The highest BCUT2D eigenvalue weighted by molar-refractivity contribution is 7.19. The van der Waals surface area contributed by atoms with Crippen molar-refractivity contribution in [1.82, 2.24) is 0 Å². The van der Waals surface area contributed by atoms with Crippen LogP contribution in [0.5, 0.6) is 0 Å². The molecule has 1 aliphatic carbocycles. The van der Waals surface area contributed by atoms with Crippen molar-refractivity contribution in [3.05, 3.63) is 149 Å². The molecule has 9 rings (SSSR count). The summed E-state index contributed by atoms with van der Waals surface area (Å²) < 4.78 is 1.38. The van der Waals surface area contributed by atoms with E-state index in [-0.39, 0.29) is 0 Å². The van der Waals surface area contributed by atoms with Crippen molar-refractivity contribution in [1.29, 1.82) is 0 Å². The average Bonchev–Trinajstić information content (AvgIpc) is 3.43. The molecular formula is C40H26S. The highest BCUT2D eigenvalue weighted by atomic mass is 32.1. The summed E-state index contributed by atoms with van der Waals surface area (Å²) in [6, 6.07) is 47.4. The first-order valence-corrected chi connectivity index (χ1v) is 15.2. The van der Waals surface area contributed by atoms with Crippen LogP contribution < -0.4 is 0 Å². The van der Waals surface area contributed by atoms with Crippen LogP contribution in [0, 0.1) is 0 Å². The lowest BCUT2D eigenvalue weighted by atomic mass is 9.82. The smallest absolute Gasteiger partial charge is 0.0352 e. The molecule has 0 radical (unpaired) electrons. The molecule has 1 heterocycles. The third-order valence-electron chi connectivity index (χ3n) is 8.96. The second-order valence-electron chi connectivity index (χ2n) is 11.2. The van der Waals surface area contributed by atoms with E-state index < -0.39 is 0 Å². The van der Waals surface area contributed by atoms with E-state index in [1.807, 2.05) is 11.3 Å². The number of rotatable bonds is 2. The molecule has 0 aliphatic heterocycles. The van der Waals surface area contributed by atoms with E-state index in [2.05, 4.69) is 140 Å². The summed E-state index contributed by atoms with van der Waals surface area (Å²) in [6.07, 6.45) is 5.76. The van der Waals surface area contributed by atoms with Gasteiger partial charge in [0, 0.05) is 15.5 Å². The normalized spacial score (nSPS) is 14.9. The van der Waals surface area contributed by atoms with Crippen LogP contribution in [0.1, 0.15) is 28.3 Å². The van der Waals surface area contributed by atoms with Gasteiger partial charge in [-0.1, -0.05) is 115 Å². The molecule has 0 saturated heterocycles. The molecule has 192 valence electrons. The zero-order chi connectivity index (χ0) is 26.9. The van der Waals surface area contributed by atoms with Gasteiger partial charge in [-0.15, -0.1) is 11.3 Å². The molecule has 0 fully saturated rings. The highest BCUT2D eigenvalue weighted by Crippen LogP contribution is 2.48. The van der Waals surface area contributed by atoms with Gasteiger partial charge in [-0.3, -0.25) is 0 Å². The van der Waals surface area contributed by atoms with Crippen LogP contribution >= 0.6 is 11.3 Å². The van der Waals surface area contributed by atoms with E-state index in [1.54, 1.807) is 0 Å². The molecule has 8 aromatic rings. The maximum atomic E-state index is 2.51. The number of benzene rings is 7. The first kappa shape index (κ1) is 23.0. The van der Waals surface area contributed by atoms with Gasteiger partial charge in [0.15, 0.2) is 0 Å². The molecule has 0 saturated carbocycles. The zero-order valence-electron chi connectivity index (χ0n) is 22.5. The number of hydrogen-bond acceptors (Lipinski definition) is 1. The lowest BCUT2D eigenvalue weighted by molar-refractivity contribution is 0.849. The fourth-order valence-electron chi connectivity index (χ4n) is 7.11. The van der Waals surface area contributed by atoms with Gasteiger partial charge in [-0.25, -0.2) is 0 Å². The molecule has 0 nitrogen and oxygen atoms in total. The van der Waals surface area contributed by atoms with E-state index in [1.165, 1.54) is 80.3 Å². The fourth-order valence-corrected chi connectivity index (χ4v) is 8.43. The lowest BCUT2D eigenvalue weighted by Gasteiger charge is -2.23. The fraction of sp³-hybridized carbons (Fsp3) is 0.0500. The average molecular weight is 539 g/mol. The second kappa shape index (κ2) is 8.89. The van der Waals surface area contributed by atoms with Gasteiger partial charge in [0.05, 0.1) is 0 Å². The van der Waals surface area contributed by atoms with E-state index in [4.69, 9.17) is 0 Å². The van der Waals surface area contributed by atoms with E-state index in [9.17, 15) is 0 Å². The largest absolute Gasteiger partial charge is 0.139 e. The van der Waals surface area contributed by atoms with E-state index in [0.717, 1.165) is 6.42 Å². The molecule has 0 bridgehead atoms. The van der Waals surface area contributed by atoms with Crippen molar-refractivity contribution >= 4 is 70.6 Å². The number of thiophene rings is 1. The van der Waals surface area contributed by atoms with E-state index in [0.29, 0.717) is 5.92 Å². The predicted octanol–water partition coefficient (Wildman–Crippen LogP) is 11.7. The monoisotopic (exact) mass is 538 g/mol. The minimum Gasteiger partial charge on any atom is -0.139 e. The number of fused-ring (bicyclic) bond motifs is 9. The summed E-state index contributed by atoms with van der Waals surface area (Å²) in [7, 11) is 0. The molecular weight excluding hydrogens is 513 g/mol. The Morgan fingerprint density at radius 1 is 0.537 bits per heavy atom. The minimum absolute atomic E-state index is 0.345. The van der Waals surface area contributed by atoms with Crippen molar-refractivity contribution < 1.29 is 0 Å². The predicted molar refractivity (Wildman–Crippen MR) is 179 cm³/mol. The number of hydrogen-bond donors (Lipinski definition) is 0. The molecule has 1 heteroatoms. The molecule has 0 N–H and O–H groups in total. The van der Waals surface area contributed by atoms with Crippen LogP contribution in [0.15, 0.2) is 133 Å². The Kier molecular flexibility index (Phi) is 5.00.